The normalized spacial score (nSPS) is 12.4. The summed E-state index contributed by atoms with van der Waals surface area (Å²) in [5.41, 5.74) is 10.0. The first-order valence-electron chi connectivity index (χ1n) is 16.5. The molecule has 0 aliphatic carbocycles. The van der Waals surface area contributed by atoms with Gasteiger partial charge in [-0.2, -0.15) is 0 Å². The highest BCUT2D eigenvalue weighted by Crippen LogP contribution is 2.43. The van der Waals surface area contributed by atoms with Gasteiger partial charge in [0, 0.05) is 35.0 Å². The lowest BCUT2D eigenvalue weighted by atomic mass is 9.79. The third-order valence-corrected chi connectivity index (χ3v) is 10.6. The quantitative estimate of drug-likeness (QED) is 0.0172. The van der Waals surface area contributed by atoms with Gasteiger partial charge in [-0.1, -0.05) is 88.2 Å². The predicted octanol–water partition coefficient (Wildman–Crippen LogP) is 8.31. The van der Waals surface area contributed by atoms with Crippen LogP contribution in [0.3, 0.4) is 0 Å². The summed E-state index contributed by atoms with van der Waals surface area (Å²) in [6.07, 6.45) is 1.81. The molecule has 0 radical (unpaired) electrons. The molecule has 0 amide bonds. The molecule has 1 unspecified atom stereocenters. The molecule has 50 heavy (non-hydrogen) atoms. The van der Waals surface area contributed by atoms with Gasteiger partial charge in [-0.25, -0.2) is 0 Å². The van der Waals surface area contributed by atoms with Crippen LogP contribution in [0.15, 0.2) is 84.0 Å². The number of carbonyl (C=O) groups excluding carboxylic acids is 1. The lowest BCUT2D eigenvalue weighted by Gasteiger charge is -2.39. The summed E-state index contributed by atoms with van der Waals surface area (Å²) >= 11 is 0. The van der Waals surface area contributed by atoms with E-state index < -0.39 is 23.0 Å². The molecular weight excluding hydrogens is 679 g/mol. The van der Waals surface area contributed by atoms with Gasteiger partial charge in [0.1, 0.15) is 17.1 Å². The van der Waals surface area contributed by atoms with Gasteiger partial charge in [-0.3, -0.25) is 9.59 Å². The number of carboxylic acid groups (broad SMARTS) is 1. The van der Waals surface area contributed by atoms with Crippen LogP contribution < -0.4 is 9.47 Å². The highest BCUT2D eigenvalue weighted by molar-refractivity contribution is 8.76. The van der Waals surface area contributed by atoms with Gasteiger partial charge in [0.25, 0.3) is 0 Å². The van der Waals surface area contributed by atoms with E-state index in [-0.39, 0.29) is 19.4 Å². The molecule has 3 aromatic carbocycles. The molecule has 0 saturated carbocycles. The van der Waals surface area contributed by atoms with Crippen molar-refractivity contribution < 1.29 is 38.4 Å². The van der Waals surface area contributed by atoms with E-state index in [2.05, 4.69) is 29.1 Å². The smallest absolute Gasteiger partial charge is 0.306 e. The maximum absolute atomic E-state index is 11.7. The van der Waals surface area contributed by atoms with E-state index in [9.17, 15) is 9.59 Å². The molecule has 13 heteroatoms. The summed E-state index contributed by atoms with van der Waals surface area (Å²) in [5.74, 6) is 1.43. The highest BCUT2D eigenvalue weighted by Gasteiger charge is 2.40. The zero-order valence-corrected chi connectivity index (χ0v) is 30.6. The molecule has 0 aliphatic rings. The maximum Gasteiger partial charge on any atom is 0.306 e. The zero-order valence-electron chi connectivity index (χ0n) is 29.0. The summed E-state index contributed by atoms with van der Waals surface area (Å²) in [5, 5.41) is 12.4. The first-order valence-corrected chi connectivity index (χ1v) is 18.9. The van der Waals surface area contributed by atoms with Crippen LogP contribution in [0.1, 0.15) is 55.7 Å². The second-order valence-electron chi connectivity index (χ2n) is 11.9. The first kappa shape index (κ1) is 40.6. The Morgan fingerprint density at radius 3 is 2.00 bits per heavy atom. The molecule has 1 N–H and O–H groups in total. The molecule has 3 aromatic rings. The van der Waals surface area contributed by atoms with Crippen molar-refractivity contribution in [3.05, 3.63) is 106 Å². The predicted molar refractivity (Wildman–Crippen MR) is 198 cm³/mol. The van der Waals surface area contributed by atoms with E-state index in [1.807, 2.05) is 66.7 Å². The number of carbonyl (C=O) groups is 2. The highest BCUT2D eigenvalue weighted by atomic mass is 33.1. The summed E-state index contributed by atoms with van der Waals surface area (Å²) < 4.78 is 29.6. The van der Waals surface area contributed by atoms with E-state index in [0.29, 0.717) is 38.5 Å². The topological polar surface area (TPSA) is 149 Å². The molecule has 270 valence electrons. The van der Waals surface area contributed by atoms with Gasteiger partial charge in [0.15, 0.2) is 0 Å². The number of esters is 1. The van der Waals surface area contributed by atoms with Crippen molar-refractivity contribution in [1.82, 2.24) is 0 Å². The number of methoxy groups -OCH3 is 2. The van der Waals surface area contributed by atoms with Crippen LogP contribution >= 0.6 is 21.6 Å². The number of azide groups is 1. The number of ether oxygens (including phenoxy) is 5. The van der Waals surface area contributed by atoms with Crippen LogP contribution in [0.4, 0.5) is 0 Å². The Morgan fingerprint density at radius 1 is 0.800 bits per heavy atom. The van der Waals surface area contributed by atoms with Crippen molar-refractivity contribution >= 4 is 33.5 Å². The Hall–Kier alpha value is -3.87. The molecule has 11 nitrogen and oxygen atoms in total. The molecule has 0 bridgehead atoms. The number of nitrogens with zero attached hydrogens (tertiary/aromatic N) is 3. The zero-order chi connectivity index (χ0) is 36.1. The van der Waals surface area contributed by atoms with Gasteiger partial charge < -0.3 is 28.8 Å². The lowest BCUT2D eigenvalue weighted by Crippen LogP contribution is -2.40. The minimum atomic E-state index is -1.02. The molecule has 3 rings (SSSR count). The molecule has 0 aromatic heterocycles. The molecule has 0 aliphatic heterocycles. The monoisotopic (exact) mass is 725 g/mol. The lowest BCUT2D eigenvalue weighted by molar-refractivity contribution is -0.147. The summed E-state index contributed by atoms with van der Waals surface area (Å²) in [4.78, 5) is 25.2. The standard InChI is InChI=1S/C37H47N3O8S2/c1-36(26-46-23-8-7-22-39-40-38,28-50-49-25-9-24-47-35(43)21-20-34(41)42)27-48-37(29-10-5-4-6-11-29,30-12-16-32(44-2)17-13-30)31-14-18-33(45-3)19-15-31/h4-6,10-19H,7-9,20-28H2,1-3H3,(H,41,42). The Morgan fingerprint density at radius 2 is 1.42 bits per heavy atom. The maximum atomic E-state index is 11.7. The van der Waals surface area contributed by atoms with Crippen LogP contribution in [-0.2, 0) is 29.4 Å². The van der Waals surface area contributed by atoms with Gasteiger partial charge in [0.2, 0.25) is 0 Å². The number of benzene rings is 3. The number of unbranched alkanes of at least 4 members (excludes halogenated alkanes) is 1. The number of hydrogen-bond donors (Lipinski definition) is 1. The van der Waals surface area contributed by atoms with E-state index >= 15 is 0 Å². The van der Waals surface area contributed by atoms with E-state index in [1.165, 1.54) is 0 Å². The number of rotatable bonds is 25. The molecule has 0 spiro atoms. The SMILES string of the molecule is COc1ccc(C(OCC(C)(COCCCCN=[N+]=[N-])CSSCCCOC(=O)CCC(=O)O)(c2ccccc2)c2ccc(OC)cc2)cc1. The Labute approximate surface area is 302 Å². The fourth-order valence-corrected chi connectivity index (χ4v) is 7.76. The molecule has 0 saturated heterocycles. The van der Waals surface area contributed by atoms with E-state index in [4.69, 9.17) is 34.3 Å². The van der Waals surface area contributed by atoms with Gasteiger partial charge >= 0.3 is 11.9 Å². The van der Waals surface area contributed by atoms with Crippen molar-refractivity contribution in [1.29, 1.82) is 0 Å². The fourth-order valence-electron chi connectivity index (χ4n) is 5.06. The molecule has 0 fully saturated rings. The third-order valence-electron chi connectivity index (χ3n) is 7.79. The molecular formula is C37H47N3O8S2. The number of aliphatic carboxylic acids is 1. The Balaban J connectivity index is 1.82. The van der Waals surface area contributed by atoms with Gasteiger partial charge in [-0.15, -0.1) is 0 Å². The van der Waals surface area contributed by atoms with Gasteiger partial charge in [-0.05, 0) is 65.7 Å². The number of hydrogen-bond acceptors (Lipinski definition) is 10. The van der Waals surface area contributed by atoms with Crippen LogP contribution in [0.2, 0.25) is 0 Å². The average molecular weight is 726 g/mol. The fraction of sp³-hybridized carbons (Fsp3) is 0.459. The largest absolute Gasteiger partial charge is 0.497 e. The van der Waals surface area contributed by atoms with Crippen molar-refractivity contribution in [3.63, 3.8) is 0 Å². The minimum Gasteiger partial charge on any atom is -0.497 e. The Bertz CT molecular complexity index is 1440. The van der Waals surface area contributed by atoms with Crippen molar-refractivity contribution in [3.8, 4) is 11.5 Å². The third kappa shape index (κ3) is 13.1. The summed E-state index contributed by atoms with van der Waals surface area (Å²) in [6, 6.07) is 26.0. The second kappa shape index (κ2) is 22.1. The minimum absolute atomic E-state index is 0.126. The first-order chi connectivity index (χ1) is 24.3. The molecule has 0 heterocycles. The summed E-state index contributed by atoms with van der Waals surface area (Å²) in [6.45, 7) is 4.16. The van der Waals surface area contributed by atoms with Crippen molar-refractivity contribution in [2.24, 2.45) is 10.5 Å². The van der Waals surface area contributed by atoms with Gasteiger partial charge in [0.05, 0.1) is 46.9 Å². The Kier molecular flexibility index (Phi) is 17.9. The molecule has 1 atom stereocenters. The van der Waals surface area contributed by atoms with Crippen LogP contribution in [0, 0.1) is 5.41 Å². The number of carboxylic acids is 1. The van der Waals surface area contributed by atoms with Crippen LogP contribution in [-0.4, -0.2) is 75.7 Å². The second-order valence-corrected chi connectivity index (χ2v) is 14.5. The van der Waals surface area contributed by atoms with Crippen molar-refractivity contribution in [2.75, 3.05) is 58.7 Å². The van der Waals surface area contributed by atoms with E-state index in [1.54, 1.807) is 35.8 Å². The van der Waals surface area contributed by atoms with Crippen LogP contribution in [0.5, 0.6) is 11.5 Å². The van der Waals surface area contributed by atoms with Crippen LogP contribution in [0.25, 0.3) is 10.4 Å². The van der Waals surface area contributed by atoms with E-state index in [0.717, 1.165) is 46.8 Å². The average Bonchev–Trinajstić information content (AvgIpc) is 3.14. The summed E-state index contributed by atoms with van der Waals surface area (Å²) in [7, 11) is 6.68. The van der Waals surface area contributed by atoms with Crippen molar-refractivity contribution in [2.45, 2.75) is 44.6 Å².